The lowest BCUT2D eigenvalue weighted by Crippen LogP contribution is -2.03. The standard InChI is InChI=1S/C5H8N2O3S/c1-9-2-3-10-5-7-6-4(8)11-5/h2-3H2,1H3,(H,6,8). The number of aromatic nitrogens is 2. The van der Waals surface area contributed by atoms with Crippen molar-refractivity contribution in [1.82, 2.24) is 10.2 Å². The third kappa shape index (κ3) is 2.69. The summed E-state index contributed by atoms with van der Waals surface area (Å²) in [5.41, 5.74) is 0. The van der Waals surface area contributed by atoms with Gasteiger partial charge in [0.15, 0.2) is 0 Å². The van der Waals surface area contributed by atoms with Crippen molar-refractivity contribution in [2.24, 2.45) is 0 Å². The van der Waals surface area contributed by atoms with Gasteiger partial charge in [-0.25, -0.2) is 5.10 Å². The van der Waals surface area contributed by atoms with E-state index in [4.69, 9.17) is 9.47 Å². The van der Waals surface area contributed by atoms with Crippen LogP contribution in [0.5, 0.6) is 5.19 Å². The fraction of sp³-hybridized carbons (Fsp3) is 0.600. The fourth-order valence-corrected chi connectivity index (χ4v) is 0.974. The van der Waals surface area contributed by atoms with Gasteiger partial charge in [-0.05, 0) is 11.3 Å². The number of aromatic amines is 1. The second-order valence-electron chi connectivity index (χ2n) is 1.72. The molecule has 1 heterocycles. The third-order valence-electron chi connectivity index (χ3n) is 0.931. The predicted octanol–water partition coefficient (Wildman–Crippen LogP) is -0.143. The van der Waals surface area contributed by atoms with E-state index in [1.54, 1.807) is 7.11 Å². The minimum atomic E-state index is -0.211. The number of ether oxygens (including phenoxy) is 2. The molecule has 0 radical (unpaired) electrons. The lowest BCUT2D eigenvalue weighted by molar-refractivity contribution is 0.145. The van der Waals surface area contributed by atoms with Crippen molar-refractivity contribution in [2.45, 2.75) is 0 Å². The summed E-state index contributed by atoms with van der Waals surface area (Å²) >= 11 is 0.938. The highest BCUT2D eigenvalue weighted by Crippen LogP contribution is 2.05. The minimum Gasteiger partial charge on any atom is -0.466 e. The molecule has 1 rings (SSSR count). The molecule has 0 aliphatic rings. The number of H-pyrrole nitrogens is 1. The van der Waals surface area contributed by atoms with Crippen LogP contribution >= 0.6 is 11.3 Å². The molecule has 0 fully saturated rings. The lowest BCUT2D eigenvalue weighted by atomic mass is 10.8. The van der Waals surface area contributed by atoms with Crippen LogP contribution in [0, 0.1) is 0 Å². The Kier molecular flexibility index (Phi) is 3.06. The van der Waals surface area contributed by atoms with Crippen LogP contribution in [0.2, 0.25) is 0 Å². The van der Waals surface area contributed by atoms with Gasteiger partial charge in [0.2, 0.25) is 0 Å². The van der Waals surface area contributed by atoms with E-state index in [-0.39, 0.29) is 4.87 Å². The van der Waals surface area contributed by atoms with E-state index in [9.17, 15) is 4.79 Å². The highest BCUT2D eigenvalue weighted by atomic mass is 32.1. The Bertz CT molecular complexity index is 256. The zero-order valence-corrected chi connectivity index (χ0v) is 6.81. The zero-order chi connectivity index (χ0) is 8.10. The summed E-state index contributed by atoms with van der Waals surface area (Å²) in [4.78, 5) is 10.3. The molecule has 0 spiro atoms. The first-order valence-corrected chi connectivity index (χ1v) is 3.82. The zero-order valence-electron chi connectivity index (χ0n) is 5.99. The molecule has 6 heteroatoms. The Morgan fingerprint density at radius 1 is 1.64 bits per heavy atom. The first-order chi connectivity index (χ1) is 5.33. The van der Waals surface area contributed by atoms with Gasteiger partial charge < -0.3 is 9.47 Å². The second kappa shape index (κ2) is 4.09. The lowest BCUT2D eigenvalue weighted by Gasteiger charge is -1.97. The van der Waals surface area contributed by atoms with Crippen LogP contribution in [0.15, 0.2) is 4.79 Å². The highest BCUT2D eigenvalue weighted by molar-refractivity contribution is 7.10. The van der Waals surface area contributed by atoms with Gasteiger partial charge in [0, 0.05) is 7.11 Å². The van der Waals surface area contributed by atoms with E-state index >= 15 is 0 Å². The van der Waals surface area contributed by atoms with E-state index in [1.807, 2.05) is 0 Å². The first-order valence-electron chi connectivity index (χ1n) is 3.00. The molecule has 0 saturated carbocycles. The molecule has 0 aromatic carbocycles. The average Bonchev–Trinajstić information content (AvgIpc) is 2.37. The van der Waals surface area contributed by atoms with Crippen molar-refractivity contribution in [1.29, 1.82) is 0 Å². The van der Waals surface area contributed by atoms with Crippen molar-refractivity contribution in [3.8, 4) is 5.19 Å². The molecule has 0 saturated heterocycles. The van der Waals surface area contributed by atoms with Crippen molar-refractivity contribution in [3.63, 3.8) is 0 Å². The van der Waals surface area contributed by atoms with Crippen LogP contribution in [0.25, 0.3) is 0 Å². The molecule has 1 aromatic rings. The Morgan fingerprint density at radius 3 is 3.00 bits per heavy atom. The number of hydrogen-bond donors (Lipinski definition) is 1. The normalized spacial score (nSPS) is 9.91. The molecule has 0 aliphatic heterocycles. The Labute approximate surface area is 67.0 Å². The molecule has 1 N–H and O–H groups in total. The van der Waals surface area contributed by atoms with Crippen LogP contribution in [0.4, 0.5) is 0 Å². The monoisotopic (exact) mass is 176 g/mol. The fourth-order valence-electron chi connectivity index (χ4n) is 0.490. The highest BCUT2D eigenvalue weighted by Gasteiger charge is 1.97. The molecular weight excluding hydrogens is 168 g/mol. The van der Waals surface area contributed by atoms with Gasteiger partial charge in [-0.3, -0.25) is 4.79 Å². The van der Waals surface area contributed by atoms with Crippen LogP contribution < -0.4 is 9.61 Å². The molecule has 0 aliphatic carbocycles. The third-order valence-corrected chi connectivity index (χ3v) is 1.59. The molecule has 0 amide bonds. The molecule has 0 atom stereocenters. The second-order valence-corrected chi connectivity index (χ2v) is 2.64. The smallest absolute Gasteiger partial charge is 0.325 e. The molecule has 5 nitrogen and oxygen atoms in total. The number of nitrogens with zero attached hydrogens (tertiary/aromatic N) is 1. The average molecular weight is 176 g/mol. The summed E-state index contributed by atoms with van der Waals surface area (Å²) in [6.45, 7) is 0.908. The maximum absolute atomic E-state index is 10.5. The number of hydrogen-bond acceptors (Lipinski definition) is 5. The Balaban J connectivity index is 2.33. The van der Waals surface area contributed by atoms with Crippen LogP contribution in [0.3, 0.4) is 0 Å². The topological polar surface area (TPSA) is 64.2 Å². The summed E-state index contributed by atoms with van der Waals surface area (Å²) < 4.78 is 9.75. The predicted molar refractivity (Wildman–Crippen MR) is 40.1 cm³/mol. The van der Waals surface area contributed by atoms with E-state index < -0.39 is 0 Å². The van der Waals surface area contributed by atoms with Crippen LogP contribution in [-0.2, 0) is 4.74 Å². The quantitative estimate of drug-likeness (QED) is 0.648. The molecule has 0 unspecified atom stereocenters. The van der Waals surface area contributed by atoms with E-state index in [1.165, 1.54) is 0 Å². The molecule has 0 bridgehead atoms. The van der Waals surface area contributed by atoms with Crippen molar-refractivity contribution < 1.29 is 9.47 Å². The van der Waals surface area contributed by atoms with Crippen molar-refractivity contribution >= 4 is 11.3 Å². The van der Waals surface area contributed by atoms with Gasteiger partial charge in [-0.15, -0.1) is 5.10 Å². The van der Waals surface area contributed by atoms with Gasteiger partial charge in [-0.1, -0.05) is 0 Å². The van der Waals surface area contributed by atoms with E-state index in [0.717, 1.165) is 11.3 Å². The number of nitrogens with one attached hydrogen (secondary N) is 1. The molecule has 62 valence electrons. The van der Waals surface area contributed by atoms with E-state index in [2.05, 4.69) is 10.2 Å². The van der Waals surface area contributed by atoms with Gasteiger partial charge in [-0.2, -0.15) is 0 Å². The molecule has 11 heavy (non-hydrogen) atoms. The summed E-state index contributed by atoms with van der Waals surface area (Å²) in [6, 6.07) is 0. The van der Waals surface area contributed by atoms with Gasteiger partial charge in [0.25, 0.3) is 5.19 Å². The van der Waals surface area contributed by atoms with Gasteiger partial charge in [0.1, 0.15) is 6.61 Å². The Morgan fingerprint density at radius 2 is 2.45 bits per heavy atom. The molecular formula is C5H8N2O3S. The SMILES string of the molecule is COCCOc1n[nH]c(=O)s1. The summed E-state index contributed by atoms with van der Waals surface area (Å²) in [6.07, 6.45) is 0. The number of methoxy groups -OCH3 is 1. The molecule has 1 aromatic heterocycles. The largest absolute Gasteiger partial charge is 0.466 e. The summed E-state index contributed by atoms with van der Waals surface area (Å²) in [5.74, 6) is 0. The maximum atomic E-state index is 10.5. The minimum absolute atomic E-state index is 0.211. The van der Waals surface area contributed by atoms with Gasteiger partial charge >= 0.3 is 4.87 Å². The van der Waals surface area contributed by atoms with E-state index in [0.29, 0.717) is 18.4 Å². The van der Waals surface area contributed by atoms with Crippen molar-refractivity contribution in [2.75, 3.05) is 20.3 Å². The summed E-state index contributed by atoms with van der Waals surface area (Å²) in [5, 5.41) is 6.19. The number of rotatable bonds is 4. The first kappa shape index (κ1) is 8.22. The van der Waals surface area contributed by atoms with Gasteiger partial charge in [0.05, 0.1) is 6.61 Å². The van der Waals surface area contributed by atoms with Crippen LogP contribution in [0.1, 0.15) is 0 Å². The van der Waals surface area contributed by atoms with Crippen LogP contribution in [-0.4, -0.2) is 30.5 Å². The Hall–Kier alpha value is -0.880. The van der Waals surface area contributed by atoms with Crippen molar-refractivity contribution in [3.05, 3.63) is 9.67 Å². The summed E-state index contributed by atoms with van der Waals surface area (Å²) in [7, 11) is 1.58. The maximum Gasteiger partial charge on any atom is 0.325 e.